The van der Waals surface area contributed by atoms with Crippen LogP contribution in [-0.4, -0.2) is 23.3 Å². The van der Waals surface area contributed by atoms with Gasteiger partial charge in [-0.15, -0.1) is 0 Å². The lowest BCUT2D eigenvalue weighted by atomic mass is 9.97. The molecule has 1 rings (SSSR count). The van der Waals surface area contributed by atoms with Crippen LogP contribution in [0, 0.1) is 5.82 Å². The molecule has 1 heterocycles. The van der Waals surface area contributed by atoms with E-state index in [0.29, 0.717) is 18.7 Å². The van der Waals surface area contributed by atoms with E-state index in [1.165, 1.54) is 12.1 Å². The largest absolute Gasteiger partial charge is 0.381 e. The lowest BCUT2D eigenvalue weighted by molar-refractivity contribution is -0.0563. The first-order chi connectivity index (χ1) is 7.62. The lowest BCUT2D eigenvalue weighted by Crippen LogP contribution is -2.32. The van der Waals surface area contributed by atoms with E-state index in [2.05, 4.69) is 4.98 Å². The van der Waals surface area contributed by atoms with E-state index < -0.39 is 11.4 Å². The Labute approximate surface area is 95.3 Å². The Bertz CT molecular complexity index is 315. The Kier molecular flexibility index (Phi) is 4.83. The van der Waals surface area contributed by atoms with Crippen LogP contribution in [0.25, 0.3) is 0 Å². The van der Waals surface area contributed by atoms with Crippen LogP contribution in [0.15, 0.2) is 18.3 Å². The second-order valence-corrected chi connectivity index (χ2v) is 3.80. The van der Waals surface area contributed by atoms with E-state index in [1.807, 2.05) is 13.8 Å². The van der Waals surface area contributed by atoms with E-state index in [0.717, 1.165) is 12.6 Å². The molecule has 0 saturated heterocycles. The third-order valence-corrected chi connectivity index (χ3v) is 2.48. The van der Waals surface area contributed by atoms with Crippen molar-refractivity contribution in [3.05, 3.63) is 29.8 Å². The minimum Gasteiger partial charge on any atom is -0.381 e. The number of hydrogen-bond donors (Lipinski definition) is 1. The summed E-state index contributed by atoms with van der Waals surface area (Å²) >= 11 is 0. The fraction of sp³-hybridized carbons (Fsp3) is 0.583. The molecule has 4 heteroatoms. The van der Waals surface area contributed by atoms with Gasteiger partial charge in [-0.1, -0.05) is 13.8 Å². The Hall–Kier alpha value is -1.00. The third-order valence-electron chi connectivity index (χ3n) is 2.48. The third kappa shape index (κ3) is 3.25. The van der Waals surface area contributed by atoms with E-state index in [4.69, 9.17) is 4.74 Å². The number of pyridine rings is 1. The summed E-state index contributed by atoms with van der Waals surface area (Å²) < 4.78 is 18.0. The molecule has 0 aliphatic heterocycles. The fourth-order valence-electron chi connectivity index (χ4n) is 1.39. The summed E-state index contributed by atoms with van der Waals surface area (Å²) in [6, 6.07) is 2.79. The molecule has 0 aliphatic rings. The van der Waals surface area contributed by atoms with Crippen molar-refractivity contribution in [1.82, 2.24) is 4.98 Å². The maximum absolute atomic E-state index is 12.7. The number of hydrogen-bond acceptors (Lipinski definition) is 3. The SMILES string of the molecule is CCCOCC(O)(CC)c1ccc(F)cn1. The van der Waals surface area contributed by atoms with Gasteiger partial charge >= 0.3 is 0 Å². The standard InChI is InChI=1S/C12H18FNO2/c1-3-7-16-9-12(15,4-2)11-6-5-10(13)8-14-11/h5-6,8,15H,3-4,7,9H2,1-2H3. The van der Waals surface area contributed by atoms with Crippen LogP contribution in [0.5, 0.6) is 0 Å². The van der Waals surface area contributed by atoms with Gasteiger partial charge in [0.1, 0.15) is 11.4 Å². The van der Waals surface area contributed by atoms with Gasteiger partial charge in [0.15, 0.2) is 0 Å². The van der Waals surface area contributed by atoms with Gasteiger partial charge in [-0.2, -0.15) is 0 Å². The summed E-state index contributed by atoms with van der Waals surface area (Å²) in [6.07, 6.45) is 2.49. The minimum absolute atomic E-state index is 0.190. The summed E-state index contributed by atoms with van der Waals surface area (Å²) in [4.78, 5) is 3.89. The summed E-state index contributed by atoms with van der Waals surface area (Å²) in [7, 11) is 0. The summed E-state index contributed by atoms with van der Waals surface area (Å²) in [5.41, 5.74) is -0.671. The van der Waals surface area contributed by atoms with Crippen molar-refractivity contribution in [3.63, 3.8) is 0 Å². The van der Waals surface area contributed by atoms with E-state index in [-0.39, 0.29) is 6.61 Å². The van der Waals surface area contributed by atoms with Crippen LogP contribution >= 0.6 is 0 Å². The lowest BCUT2D eigenvalue weighted by Gasteiger charge is -2.25. The topological polar surface area (TPSA) is 42.4 Å². The van der Waals surface area contributed by atoms with Crippen molar-refractivity contribution in [2.45, 2.75) is 32.3 Å². The molecule has 16 heavy (non-hydrogen) atoms. The second-order valence-electron chi connectivity index (χ2n) is 3.80. The summed E-state index contributed by atoms with van der Waals surface area (Å²) in [6.45, 7) is 4.64. The smallest absolute Gasteiger partial charge is 0.141 e. The van der Waals surface area contributed by atoms with Gasteiger partial charge in [0.05, 0.1) is 18.5 Å². The average molecular weight is 227 g/mol. The zero-order valence-electron chi connectivity index (χ0n) is 9.74. The van der Waals surface area contributed by atoms with Crippen molar-refractivity contribution in [2.24, 2.45) is 0 Å². The van der Waals surface area contributed by atoms with Crippen LogP contribution < -0.4 is 0 Å². The van der Waals surface area contributed by atoms with Crippen molar-refractivity contribution < 1.29 is 14.2 Å². The highest BCUT2D eigenvalue weighted by Crippen LogP contribution is 2.23. The predicted molar refractivity (Wildman–Crippen MR) is 59.5 cm³/mol. The molecule has 0 amide bonds. The van der Waals surface area contributed by atoms with Gasteiger partial charge in [0, 0.05) is 6.61 Å². The Balaban J connectivity index is 2.74. The van der Waals surface area contributed by atoms with Gasteiger partial charge in [-0.3, -0.25) is 4.98 Å². The molecule has 0 bridgehead atoms. The molecular weight excluding hydrogens is 209 g/mol. The zero-order chi connectivity index (χ0) is 12.0. The average Bonchev–Trinajstić information content (AvgIpc) is 2.30. The number of aromatic nitrogens is 1. The predicted octanol–water partition coefficient (Wildman–Crippen LogP) is 2.24. The van der Waals surface area contributed by atoms with Crippen LogP contribution in [0.3, 0.4) is 0 Å². The normalized spacial score (nSPS) is 14.8. The molecule has 3 nitrogen and oxygen atoms in total. The fourth-order valence-corrected chi connectivity index (χ4v) is 1.39. The first-order valence-corrected chi connectivity index (χ1v) is 5.54. The summed E-state index contributed by atoms with van der Waals surface area (Å²) in [5.74, 6) is -0.406. The quantitative estimate of drug-likeness (QED) is 0.758. The van der Waals surface area contributed by atoms with Crippen molar-refractivity contribution >= 4 is 0 Å². The number of nitrogens with zero attached hydrogens (tertiary/aromatic N) is 1. The van der Waals surface area contributed by atoms with Gasteiger partial charge < -0.3 is 9.84 Å². The second kappa shape index (κ2) is 5.92. The van der Waals surface area contributed by atoms with Gasteiger partial charge in [-0.05, 0) is 25.0 Å². The highest BCUT2D eigenvalue weighted by molar-refractivity contribution is 5.13. The van der Waals surface area contributed by atoms with Crippen molar-refractivity contribution in [1.29, 1.82) is 0 Å². The molecule has 1 N–H and O–H groups in total. The van der Waals surface area contributed by atoms with Crippen molar-refractivity contribution in [3.8, 4) is 0 Å². The molecule has 0 radical (unpaired) electrons. The molecule has 0 saturated carbocycles. The molecule has 0 fully saturated rings. The molecule has 0 aliphatic carbocycles. The van der Waals surface area contributed by atoms with Crippen LogP contribution in [-0.2, 0) is 10.3 Å². The number of ether oxygens (including phenoxy) is 1. The van der Waals surface area contributed by atoms with Gasteiger partial charge in [-0.25, -0.2) is 4.39 Å². The molecule has 0 spiro atoms. The van der Waals surface area contributed by atoms with Gasteiger partial charge in [0.25, 0.3) is 0 Å². The van der Waals surface area contributed by atoms with E-state index in [1.54, 1.807) is 0 Å². The maximum atomic E-state index is 12.7. The molecule has 1 aromatic rings. The molecule has 1 unspecified atom stereocenters. The minimum atomic E-state index is -1.12. The number of rotatable bonds is 6. The molecular formula is C12H18FNO2. The van der Waals surface area contributed by atoms with Gasteiger partial charge in [0.2, 0.25) is 0 Å². The van der Waals surface area contributed by atoms with Crippen LogP contribution in [0.4, 0.5) is 4.39 Å². The molecule has 0 aromatic carbocycles. The highest BCUT2D eigenvalue weighted by Gasteiger charge is 2.28. The Morgan fingerprint density at radius 3 is 2.69 bits per heavy atom. The van der Waals surface area contributed by atoms with E-state index >= 15 is 0 Å². The van der Waals surface area contributed by atoms with Crippen LogP contribution in [0.1, 0.15) is 32.4 Å². The molecule has 1 atom stereocenters. The first kappa shape index (κ1) is 13.1. The first-order valence-electron chi connectivity index (χ1n) is 5.54. The van der Waals surface area contributed by atoms with E-state index in [9.17, 15) is 9.50 Å². The van der Waals surface area contributed by atoms with Crippen molar-refractivity contribution in [2.75, 3.05) is 13.2 Å². The van der Waals surface area contributed by atoms with Crippen LogP contribution in [0.2, 0.25) is 0 Å². The summed E-state index contributed by atoms with van der Waals surface area (Å²) in [5, 5.41) is 10.3. The zero-order valence-corrected chi connectivity index (χ0v) is 9.74. The maximum Gasteiger partial charge on any atom is 0.141 e. The highest BCUT2D eigenvalue weighted by atomic mass is 19.1. The molecule has 90 valence electrons. The monoisotopic (exact) mass is 227 g/mol. The molecule has 1 aromatic heterocycles. The Morgan fingerprint density at radius 1 is 1.44 bits per heavy atom. The number of halogens is 1. The number of aliphatic hydroxyl groups is 1. The Morgan fingerprint density at radius 2 is 2.19 bits per heavy atom.